The zero-order valence-corrected chi connectivity index (χ0v) is 9.07. The van der Waals surface area contributed by atoms with Gasteiger partial charge in [-0.3, -0.25) is 4.79 Å². The van der Waals surface area contributed by atoms with Crippen molar-refractivity contribution >= 4 is 11.9 Å². The van der Waals surface area contributed by atoms with E-state index >= 15 is 0 Å². The van der Waals surface area contributed by atoms with Crippen LogP contribution < -0.4 is 0 Å². The minimum absolute atomic E-state index is 0.0985. The molecule has 0 amide bonds. The minimum atomic E-state index is -1.04. The number of carboxylic acid groups (broad SMARTS) is 1. The summed E-state index contributed by atoms with van der Waals surface area (Å²) in [5, 5.41) is 8.35. The summed E-state index contributed by atoms with van der Waals surface area (Å²) in [4.78, 5) is 20.0. The van der Waals surface area contributed by atoms with Crippen molar-refractivity contribution in [3.05, 3.63) is 35.6 Å². The van der Waals surface area contributed by atoms with Crippen LogP contribution in [0.4, 0.5) is 4.39 Å². The lowest BCUT2D eigenvalue weighted by Gasteiger charge is -1.90. The molecule has 0 bridgehead atoms. The molecule has 1 N–H and O–H groups in total. The number of ether oxygens (including phenoxy) is 1. The summed E-state index contributed by atoms with van der Waals surface area (Å²) in [5.74, 6) is -1.68. The van der Waals surface area contributed by atoms with Crippen molar-refractivity contribution in [1.29, 1.82) is 0 Å². The first-order valence-corrected chi connectivity index (χ1v) is 4.59. The lowest BCUT2D eigenvalue weighted by atomic mass is 10.2. The van der Waals surface area contributed by atoms with Gasteiger partial charge in [-0.15, -0.1) is 0 Å². The summed E-state index contributed by atoms with van der Waals surface area (Å²) in [6.07, 6.45) is 0. The van der Waals surface area contributed by atoms with Crippen molar-refractivity contribution in [1.82, 2.24) is 0 Å². The van der Waals surface area contributed by atoms with E-state index in [9.17, 15) is 14.0 Å². The fourth-order valence-electron chi connectivity index (χ4n) is 0.796. The maximum absolute atomic E-state index is 12.2. The van der Waals surface area contributed by atoms with Crippen LogP contribution in [0.2, 0.25) is 0 Å². The third-order valence-electron chi connectivity index (χ3n) is 1.44. The maximum atomic E-state index is 12.2. The van der Waals surface area contributed by atoms with Gasteiger partial charge in [0.05, 0.1) is 12.2 Å². The highest BCUT2D eigenvalue weighted by Crippen LogP contribution is 2.01. The molecule has 1 rings (SSSR count). The lowest BCUT2D eigenvalue weighted by Crippen LogP contribution is -1.95. The average Bonchev–Trinajstić information content (AvgIpc) is 2.19. The Hall–Kier alpha value is -1.91. The van der Waals surface area contributed by atoms with Gasteiger partial charge >= 0.3 is 11.9 Å². The highest BCUT2D eigenvalue weighted by Gasteiger charge is 1.99. The molecule has 0 spiro atoms. The van der Waals surface area contributed by atoms with E-state index in [1.807, 2.05) is 0 Å². The number of hydrogen-bond acceptors (Lipinski definition) is 3. The topological polar surface area (TPSA) is 63.6 Å². The van der Waals surface area contributed by atoms with Gasteiger partial charge in [0.25, 0.3) is 0 Å². The third-order valence-corrected chi connectivity index (χ3v) is 1.44. The largest absolute Gasteiger partial charge is 0.478 e. The molecule has 16 heavy (non-hydrogen) atoms. The normalized spacial score (nSPS) is 8.69. The van der Waals surface area contributed by atoms with E-state index in [2.05, 4.69) is 4.74 Å². The second-order valence-electron chi connectivity index (χ2n) is 2.74. The maximum Gasteiger partial charge on any atom is 0.335 e. The van der Waals surface area contributed by atoms with E-state index in [4.69, 9.17) is 5.11 Å². The quantitative estimate of drug-likeness (QED) is 0.787. The standard InChI is InChI=1S/C7H5FO2.C4H8O2/c8-6-3-1-5(2-4-6)7(9)10;1-3-6-4(2)5/h1-4H,(H,9,10);3H2,1-2H3. The van der Waals surface area contributed by atoms with Crippen molar-refractivity contribution in [2.75, 3.05) is 6.61 Å². The van der Waals surface area contributed by atoms with Crippen molar-refractivity contribution in [3.63, 3.8) is 0 Å². The molecule has 0 fully saturated rings. The molecule has 0 unspecified atom stereocenters. The van der Waals surface area contributed by atoms with E-state index in [1.54, 1.807) is 6.92 Å². The molecule has 4 nitrogen and oxygen atoms in total. The molecule has 0 saturated carbocycles. The van der Waals surface area contributed by atoms with Gasteiger partial charge < -0.3 is 9.84 Å². The van der Waals surface area contributed by atoms with Crippen molar-refractivity contribution in [2.45, 2.75) is 13.8 Å². The Bertz CT molecular complexity index is 346. The summed E-state index contributed by atoms with van der Waals surface area (Å²) >= 11 is 0. The molecule has 0 atom stereocenters. The Balaban J connectivity index is 0.000000325. The zero-order valence-electron chi connectivity index (χ0n) is 9.07. The van der Waals surface area contributed by atoms with Crippen LogP contribution in [0.5, 0.6) is 0 Å². The van der Waals surface area contributed by atoms with Crippen LogP contribution >= 0.6 is 0 Å². The Morgan fingerprint density at radius 1 is 1.31 bits per heavy atom. The number of aromatic carboxylic acids is 1. The van der Waals surface area contributed by atoms with E-state index in [-0.39, 0.29) is 11.5 Å². The number of halogens is 1. The minimum Gasteiger partial charge on any atom is -0.478 e. The number of hydrogen-bond donors (Lipinski definition) is 1. The predicted molar refractivity (Wildman–Crippen MR) is 55.7 cm³/mol. The van der Waals surface area contributed by atoms with Crippen LogP contribution in [0.3, 0.4) is 0 Å². The SMILES string of the molecule is CCOC(C)=O.O=C(O)c1ccc(F)cc1. The van der Waals surface area contributed by atoms with Crippen LogP contribution in [-0.4, -0.2) is 23.7 Å². The van der Waals surface area contributed by atoms with E-state index < -0.39 is 11.8 Å². The fraction of sp³-hybridized carbons (Fsp3) is 0.273. The highest BCUT2D eigenvalue weighted by atomic mass is 19.1. The van der Waals surface area contributed by atoms with E-state index in [0.29, 0.717) is 6.61 Å². The van der Waals surface area contributed by atoms with Gasteiger partial charge in [-0.1, -0.05) is 0 Å². The molecule has 1 aromatic rings. The van der Waals surface area contributed by atoms with Crippen LogP contribution in [0, 0.1) is 5.82 Å². The molecule has 0 radical (unpaired) electrons. The van der Waals surface area contributed by atoms with E-state index in [1.165, 1.54) is 19.1 Å². The van der Waals surface area contributed by atoms with Gasteiger partial charge in [0.15, 0.2) is 0 Å². The van der Waals surface area contributed by atoms with Crippen LogP contribution in [0.15, 0.2) is 24.3 Å². The Morgan fingerprint density at radius 2 is 1.81 bits per heavy atom. The number of rotatable bonds is 2. The second kappa shape index (κ2) is 7.39. The van der Waals surface area contributed by atoms with Crippen molar-refractivity contribution in [3.8, 4) is 0 Å². The summed E-state index contributed by atoms with van der Waals surface area (Å²) in [7, 11) is 0. The molecular formula is C11H13FO4. The number of carboxylic acids is 1. The molecule has 5 heteroatoms. The first-order valence-electron chi connectivity index (χ1n) is 4.59. The monoisotopic (exact) mass is 228 g/mol. The van der Waals surface area contributed by atoms with Crippen LogP contribution in [0.1, 0.15) is 24.2 Å². The Kier molecular flexibility index (Phi) is 6.51. The van der Waals surface area contributed by atoms with Gasteiger partial charge in [-0.25, -0.2) is 9.18 Å². The van der Waals surface area contributed by atoms with Gasteiger partial charge in [0.2, 0.25) is 0 Å². The summed E-state index contributed by atoms with van der Waals surface area (Å²) in [6, 6.07) is 4.67. The first kappa shape index (κ1) is 14.1. The van der Waals surface area contributed by atoms with Gasteiger partial charge in [0, 0.05) is 6.92 Å². The van der Waals surface area contributed by atoms with Gasteiger partial charge in [0.1, 0.15) is 5.82 Å². The number of carbonyl (C=O) groups is 2. The zero-order chi connectivity index (χ0) is 12.6. The molecule has 0 aliphatic carbocycles. The molecule has 0 aromatic heterocycles. The van der Waals surface area contributed by atoms with Crippen LogP contribution in [-0.2, 0) is 9.53 Å². The highest BCUT2D eigenvalue weighted by molar-refractivity contribution is 5.87. The molecule has 0 saturated heterocycles. The van der Waals surface area contributed by atoms with Crippen molar-refractivity contribution in [2.24, 2.45) is 0 Å². The second-order valence-corrected chi connectivity index (χ2v) is 2.74. The molecule has 88 valence electrons. The number of benzene rings is 1. The molecule has 0 aliphatic rings. The number of carbonyl (C=O) groups excluding carboxylic acids is 1. The number of esters is 1. The average molecular weight is 228 g/mol. The summed E-state index contributed by atoms with van der Waals surface area (Å²) in [5.41, 5.74) is 0.0985. The van der Waals surface area contributed by atoms with Gasteiger partial charge in [-0.2, -0.15) is 0 Å². The van der Waals surface area contributed by atoms with Crippen molar-refractivity contribution < 1.29 is 23.8 Å². The lowest BCUT2D eigenvalue weighted by molar-refractivity contribution is -0.140. The Labute approximate surface area is 92.7 Å². The van der Waals surface area contributed by atoms with Crippen LogP contribution in [0.25, 0.3) is 0 Å². The smallest absolute Gasteiger partial charge is 0.335 e. The Morgan fingerprint density at radius 3 is 2.06 bits per heavy atom. The summed E-state index contributed by atoms with van der Waals surface area (Å²) in [6.45, 7) is 3.65. The molecule has 0 aliphatic heterocycles. The third kappa shape index (κ3) is 6.53. The fourth-order valence-corrected chi connectivity index (χ4v) is 0.796. The summed E-state index contributed by atoms with van der Waals surface area (Å²) < 4.78 is 16.6. The predicted octanol–water partition coefficient (Wildman–Crippen LogP) is 2.09. The molecular weight excluding hydrogens is 215 g/mol. The van der Waals surface area contributed by atoms with Gasteiger partial charge in [-0.05, 0) is 31.2 Å². The molecule has 1 aromatic carbocycles. The molecule has 0 heterocycles. The first-order chi connectivity index (χ1) is 7.47. The van der Waals surface area contributed by atoms with E-state index in [0.717, 1.165) is 12.1 Å².